The molecule has 90 valence electrons. The van der Waals surface area contributed by atoms with Crippen LogP contribution in [0.2, 0.25) is 0 Å². The van der Waals surface area contributed by atoms with Crippen LogP contribution in [0.15, 0.2) is 0 Å². The first-order chi connectivity index (χ1) is 7.14. The summed E-state index contributed by atoms with van der Waals surface area (Å²) in [5, 5.41) is 9.46. The summed E-state index contributed by atoms with van der Waals surface area (Å²) in [4.78, 5) is 0. The van der Waals surface area contributed by atoms with Gasteiger partial charge < -0.3 is 15.6 Å². The highest BCUT2D eigenvalue weighted by Gasteiger charge is 2.43. The molecule has 0 aromatic heterocycles. The molecule has 0 radical (unpaired) electrons. The van der Waals surface area contributed by atoms with Crippen molar-refractivity contribution in [3.05, 3.63) is 0 Å². The average molecular weight is 215 g/mol. The zero-order valence-corrected chi connectivity index (χ0v) is 10.0. The molecule has 0 aromatic carbocycles. The fraction of sp³-hybridized carbons (Fsp3) is 1.00. The van der Waals surface area contributed by atoms with Crippen LogP contribution in [0.3, 0.4) is 0 Å². The van der Waals surface area contributed by atoms with E-state index in [1.807, 2.05) is 0 Å². The van der Waals surface area contributed by atoms with E-state index in [0.717, 1.165) is 19.6 Å². The predicted molar refractivity (Wildman–Crippen MR) is 61.6 cm³/mol. The quantitative estimate of drug-likeness (QED) is 0.602. The van der Waals surface area contributed by atoms with Gasteiger partial charge in [0.25, 0.3) is 0 Å². The summed E-state index contributed by atoms with van der Waals surface area (Å²) in [6.45, 7) is 6.60. The van der Waals surface area contributed by atoms with Crippen molar-refractivity contribution in [1.82, 2.24) is 0 Å². The maximum Gasteiger partial charge on any atom is 0.0503 e. The highest BCUT2D eigenvalue weighted by molar-refractivity contribution is 4.94. The first-order valence-corrected chi connectivity index (χ1v) is 6.03. The van der Waals surface area contributed by atoms with E-state index in [9.17, 15) is 5.11 Å². The van der Waals surface area contributed by atoms with Crippen molar-refractivity contribution < 1.29 is 9.84 Å². The highest BCUT2D eigenvalue weighted by Crippen LogP contribution is 2.46. The second kappa shape index (κ2) is 5.83. The van der Waals surface area contributed by atoms with Crippen molar-refractivity contribution >= 4 is 0 Å². The van der Waals surface area contributed by atoms with Gasteiger partial charge in [0.1, 0.15) is 0 Å². The van der Waals surface area contributed by atoms with E-state index in [1.54, 1.807) is 0 Å². The van der Waals surface area contributed by atoms with E-state index in [1.165, 1.54) is 12.8 Å². The zero-order chi connectivity index (χ0) is 11.3. The summed E-state index contributed by atoms with van der Waals surface area (Å²) in [6, 6.07) is 0. The fourth-order valence-corrected chi connectivity index (χ4v) is 2.04. The molecule has 1 saturated carbocycles. The van der Waals surface area contributed by atoms with Gasteiger partial charge in [0.05, 0.1) is 6.61 Å². The Morgan fingerprint density at radius 3 is 2.53 bits per heavy atom. The molecular formula is C12H25NO2. The molecule has 0 amide bonds. The van der Waals surface area contributed by atoms with Crippen LogP contribution in [0.25, 0.3) is 0 Å². The molecule has 3 heteroatoms. The van der Waals surface area contributed by atoms with Gasteiger partial charge in [-0.3, -0.25) is 0 Å². The lowest BCUT2D eigenvalue weighted by Gasteiger charge is -2.30. The Morgan fingerprint density at radius 2 is 2.13 bits per heavy atom. The van der Waals surface area contributed by atoms with Crippen LogP contribution >= 0.6 is 0 Å². The second-order valence-electron chi connectivity index (χ2n) is 5.22. The van der Waals surface area contributed by atoms with Crippen molar-refractivity contribution in [3.8, 4) is 0 Å². The minimum atomic E-state index is -0.0586. The van der Waals surface area contributed by atoms with Crippen molar-refractivity contribution in [2.75, 3.05) is 26.4 Å². The molecular weight excluding hydrogens is 190 g/mol. The van der Waals surface area contributed by atoms with Crippen molar-refractivity contribution in [2.45, 2.75) is 33.1 Å². The molecule has 0 aliphatic heterocycles. The van der Waals surface area contributed by atoms with Crippen molar-refractivity contribution in [3.63, 3.8) is 0 Å². The lowest BCUT2D eigenvalue weighted by Crippen LogP contribution is -2.37. The third-order valence-corrected chi connectivity index (χ3v) is 3.36. The number of ether oxygens (including phenoxy) is 1. The minimum absolute atomic E-state index is 0.0586. The van der Waals surface area contributed by atoms with Crippen LogP contribution in [-0.2, 0) is 4.74 Å². The van der Waals surface area contributed by atoms with Gasteiger partial charge in [-0.1, -0.05) is 13.8 Å². The van der Waals surface area contributed by atoms with Gasteiger partial charge in [-0.15, -0.1) is 0 Å². The van der Waals surface area contributed by atoms with Gasteiger partial charge in [0.15, 0.2) is 0 Å². The summed E-state index contributed by atoms with van der Waals surface area (Å²) in [5.41, 5.74) is 5.73. The molecule has 0 bridgehead atoms. The van der Waals surface area contributed by atoms with Gasteiger partial charge in [-0.2, -0.15) is 0 Å². The van der Waals surface area contributed by atoms with E-state index < -0.39 is 0 Å². The van der Waals surface area contributed by atoms with Gasteiger partial charge in [-0.05, 0) is 31.1 Å². The number of hydrogen-bond donors (Lipinski definition) is 2. The third kappa shape index (κ3) is 3.74. The topological polar surface area (TPSA) is 55.5 Å². The molecule has 1 aliphatic carbocycles. The van der Waals surface area contributed by atoms with E-state index in [0.29, 0.717) is 18.4 Å². The molecule has 0 aromatic rings. The Balaban J connectivity index is 2.25. The number of aliphatic hydroxyl groups is 1. The molecule has 1 aliphatic rings. The largest absolute Gasteiger partial charge is 0.396 e. The van der Waals surface area contributed by atoms with Gasteiger partial charge >= 0.3 is 0 Å². The summed E-state index contributed by atoms with van der Waals surface area (Å²) in [7, 11) is 0. The Labute approximate surface area is 93.0 Å². The SMILES string of the molecule is CC(C)COCCC(CN)(CO)C1CC1. The van der Waals surface area contributed by atoms with Gasteiger partial charge in [0.2, 0.25) is 0 Å². The smallest absolute Gasteiger partial charge is 0.0503 e. The normalized spacial score (nSPS) is 20.6. The van der Waals surface area contributed by atoms with Crippen LogP contribution in [0.5, 0.6) is 0 Å². The van der Waals surface area contributed by atoms with E-state index in [4.69, 9.17) is 10.5 Å². The first-order valence-electron chi connectivity index (χ1n) is 6.03. The molecule has 3 nitrogen and oxygen atoms in total. The van der Waals surface area contributed by atoms with Crippen molar-refractivity contribution in [1.29, 1.82) is 0 Å². The molecule has 3 N–H and O–H groups in total. The van der Waals surface area contributed by atoms with Crippen LogP contribution in [0.1, 0.15) is 33.1 Å². The molecule has 0 heterocycles. The lowest BCUT2D eigenvalue weighted by atomic mass is 9.80. The third-order valence-electron chi connectivity index (χ3n) is 3.36. The average Bonchev–Trinajstić information content (AvgIpc) is 3.03. The predicted octanol–water partition coefficient (Wildman–Crippen LogP) is 1.40. The molecule has 15 heavy (non-hydrogen) atoms. The van der Waals surface area contributed by atoms with Crippen LogP contribution in [0.4, 0.5) is 0 Å². The number of hydrogen-bond acceptors (Lipinski definition) is 3. The standard InChI is InChI=1S/C12H25NO2/c1-10(2)7-15-6-5-12(8-13,9-14)11-3-4-11/h10-11,14H,3-9,13H2,1-2H3. The molecule has 1 unspecified atom stereocenters. The van der Waals surface area contributed by atoms with Crippen LogP contribution in [-0.4, -0.2) is 31.5 Å². The number of rotatable bonds is 8. The molecule has 1 fully saturated rings. The molecule has 1 rings (SSSR count). The minimum Gasteiger partial charge on any atom is -0.396 e. The molecule has 0 saturated heterocycles. The number of aliphatic hydroxyl groups excluding tert-OH is 1. The van der Waals surface area contributed by atoms with Crippen molar-refractivity contribution in [2.24, 2.45) is 23.0 Å². The highest BCUT2D eigenvalue weighted by atomic mass is 16.5. The summed E-state index contributed by atoms with van der Waals surface area (Å²) in [5.74, 6) is 1.21. The maximum absolute atomic E-state index is 9.46. The summed E-state index contributed by atoms with van der Waals surface area (Å²) < 4.78 is 5.57. The zero-order valence-electron chi connectivity index (χ0n) is 10.0. The fourth-order valence-electron chi connectivity index (χ4n) is 2.04. The lowest BCUT2D eigenvalue weighted by molar-refractivity contribution is 0.0394. The second-order valence-corrected chi connectivity index (χ2v) is 5.22. The first kappa shape index (κ1) is 12.9. The monoisotopic (exact) mass is 215 g/mol. The van der Waals surface area contributed by atoms with E-state index in [2.05, 4.69) is 13.8 Å². The Kier molecular flexibility index (Phi) is 5.03. The van der Waals surface area contributed by atoms with E-state index in [-0.39, 0.29) is 12.0 Å². The van der Waals surface area contributed by atoms with Crippen LogP contribution in [0, 0.1) is 17.3 Å². The summed E-state index contributed by atoms with van der Waals surface area (Å²) >= 11 is 0. The molecule has 0 spiro atoms. The van der Waals surface area contributed by atoms with Gasteiger partial charge in [0, 0.05) is 25.2 Å². The van der Waals surface area contributed by atoms with Gasteiger partial charge in [-0.25, -0.2) is 0 Å². The Morgan fingerprint density at radius 1 is 1.47 bits per heavy atom. The van der Waals surface area contributed by atoms with Crippen LogP contribution < -0.4 is 5.73 Å². The Bertz CT molecular complexity index is 174. The Hall–Kier alpha value is -0.120. The molecule has 1 atom stereocenters. The maximum atomic E-state index is 9.46. The summed E-state index contributed by atoms with van der Waals surface area (Å²) in [6.07, 6.45) is 3.35. The van der Waals surface area contributed by atoms with E-state index >= 15 is 0 Å². The number of nitrogens with two attached hydrogens (primary N) is 1.